The van der Waals surface area contributed by atoms with Gasteiger partial charge in [-0.2, -0.15) is 0 Å². The summed E-state index contributed by atoms with van der Waals surface area (Å²) in [5, 5.41) is 3.09. The van der Waals surface area contributed by atoms with Gasteiger partial charge in [0, 0.05) is 18.8 Å². The molecule has 0 bridgehead atoms. The molecule has 2 saturated heterocycles. The summed E-state index contributed by atoms with van der Waals surface area (Å²) in [6.45, 7) is 6.68. The van der Waals surface area contributed by atoms with Crippen molar-refractivity contribution < 1.29 is 14.3 Å². The van der Waals surface area contributed by atoms with Crippen LogP contribution in [-0.2, 0) is 4.74 Å². The number of likely N-dealkylation sites (tertiary alicyclic amines) is 1. The fourth-order valence-electron chi connectivity index (χ4n) is 4.91. The minimum Gasteiger partial charge on any atom is -0.444 e. The average Bonchev–Trinajstić information content (AvgIpc) is 2.99. The second-order valence-electron chi connectivity index (χ2n) is 9.87. The molecule has 1 aromatic rings. The van der Waals surface area contributed by atoms with Crippen LogP contribution in [0.2, 0.25) is 0 Å². The van der Waals surface area contributed by atoms with Gasteiger partial charge in [-0.3, -0.25) is 15.2 Å². The molecule has 0 aromatic heterocycles. The van der Waals surface area contributed by atoms with Gasteiger partial charge >= 0.3 is 12.1 Å². The van der Waals surface area contributed by atoms with Crippen LogP contribution in [0.25, 0.3) is 0 Å². The Morgan fingerprint density at radius 3 is 2.35 bits per heavy atom. The largest absolute Gasteiger partial charge is 0.444 e. The lowest BCUT2D eigenvalue weighted by molar-refractivity contribution is 0.0193. The van der Waals surface area contributed by atoms with E-state index in [0.29, 0.717) is 25.9 Å². The normalized spacial score (nSPS) is 23.3. The second kappa shape index (κ2) is 8.52. The van der Waals surface area contributed by atoms with E-state index in [9.17, 15) is 9.59 Å². The molecule has 1 aromatic carbocycles. The molecule has 3 fully saturated rings. The van der Waals surface area contributed by atoms with Gasteiger partial charge < -0.3 is 9.64 Å². The van der Waals surface area contributed by atoms with E-state index in [1.165, 1.54) is 19.3 Å². The predicted molar refractivity (Wildman–Crippen MR) is 122 cm³/mol. The molecule has 1 aliphatic carbocycles. The Morgan fingerprint density at radius 1 is 1.10 bits per heavy atom. The fourth-order valence-corrected chi connectivity index (χ4v) is 4.91. The lowest BCUT2D eigenvalue weighted by Gasteiger charge is -2.43. The minimum atomic E-state index is -0.547. The molecular formula is C24H34N4O3. The average molecular weight is 427 g/mol. The van der Waals surface area contributed by atoms with E-state index in [-0.39, 0.29) is 18.2 Å². The number of benzene rings is 1. The van der Waals surface area contributed by atoms with Gasteiger partial charge in [-0.15, -0.1) is 0 Å². The predicted octanol–water partition coefficient (Wildman–Crippen LogP) is 4.72. The summed E-state index contributed by atoms with van der Waals surface area (Å²) < 4.78 is 5.57. The first kappa shape index (κ1) is 21.7. The van der Waals surface area contributed by atoms with E-state index in [2.05, 4.69) is 5.32 Å². The first-order chi connectivity index (χ1) is 14.8. The Labute approximate surface area is 184 Å². The maximum absolute atomic E-state index is 13.1. The molecule has 4 rings (SSSR count). The van der Waals surface area contributed by atoms with E-state index in [1.54, 1.807) is 4.90 Å². The number of rotatable bonds is 2. The molecule has 2 aliphatic heterocycles. The first-order valence-corrected chi connectivity index (χ1v) is 11.5. The number of urea groups is 1. The van der Waals surface area contributed by atoms with E-state index in [0.717, 1.165) is 24.4 Å². The van der Waals surface area contributed by atoms with Crippen LogP contribution in [-0.4, -0.2) is 53.1 Å². The highest BCUT2D eigenvalue weighted by atomic mass is 16.6. The first-order valence-electron chi connectivity index (χ1n) is 11.5. The van der Waals surface area contributed by atoms with Crippen LogP contribution in [0.5, 0.6) is 0 Å². The number of anilines is 1. The number of hydrogen-bond donors (Lipinski definition) is 1. The van der Waals surface area contributed by atoms with Crippen LogP contribution in [0.15, 0.2) is 35.3 Å². The van der Waals surface area contributed by atoms with Crippen molar-refractivity contribution in [2.45, 2.75) is 82.9 Å². The van der Waals surface area contributed by atoms with E-state index in [1.807, 2.05) is 56.0 Å². The summed E-state index contributed by atoms with van der Waals surface area (Å²) in [4.78, 5) is 34.4. The maximum atomic E-state index is 13.1. The lowest BCUT2D eigenvalue weighted by Crippen LogP contribution is -2.58. The fraction of sp³-hybridized carbons (Fsp3) is 0.625. The Hall–Kier alpha value is -2.57. The number of carbonyl (C=O) groups is 2. The molecule has 2 heterocycles. The van der Waals surface area contributed by atoms with Crippen LogP contribution in [0.3, 0.4) is 0 Å². The third kappa shape index (κ3) is 4.55. The third-order valence-electron chi connectivity index (χ3n) is 6.44. The molecule has 3 amide bonds. The van der Waals surface area contributed by atoms with Crippen molar-refractivity contribution in [2.75, 3.05) is 18.0 Å². The van der Waals surface area contributed by atoms with Gasteiger partial charge in [0.15, 0.2) is 0 Å². The molecule has 1 saturated carbocycles. The number of amidine groups is 1. The Morgan fingerprint density at radius 2 is 1.74 bits per heavy atom. The summed E-state index contributed by atoms with van der Waals surface area (Å²) >= 11 is 0. The number of nitrogens with one attached hydrogen (secondary N) is 1. The number of hydrogen-bond acceptors (Lipinski definition) is 4. The molecule has 168 valence electrons. The van der Waals surface area contributed by atoms with Crippen LogP contribution in [0.4, 0.5) is 15.3 Å². The van der Waals surface area contributed by atoms with Gasteiger partial charge in [-0.25, -0.2) is 9.59 Å². The quantitative estimate of drug-likeness (QED) is 0.744. The SMILES string of the molecule is CC(C)(C)OC(=O)N1CCC2(CC1)C(=NC1CCCCC1)NC(=O)N2c1ccccc1. The Bertz CT molecular complexity index is 832. The van der Waals surface area contributed by atoms with Crippen molar-refractivity contribution in [2.24, 2.45) is 4.99 Å². The van der Waals surface area contributed by atoms with E-state index >= 15 is 0 Å². The maximum Gasteiger partial charge on any atom is 0.410 e. The summed E-state index contributed by atoms with van der Waals surface area (Å²) in [7, 11) is 0. The van der Waals surface area contributed by atoms with E-state index < -0.39 is 11.1 Å². The second-order valence-corrected chi connectivity index (χ2v) is 9.87. The molecule has 31 heavy (non-hydrogen) atoms. The van der Waals surface area contributed by atoms with Gasteiger partial charge in [0.05, 0.1) is 6.04 Å². The molecule has 1 spiro atoms. The summed E-state index contributed by atoms with van der Waals surface area (Å²) in [5.74, 6) is 0.775. The number of ether oxygens (including phenoxy) is 1. The number of piperidine rings is 1. The smallest absolute Gasteiger partial charge is 0.410 e. The zero-order valence-electron chi connectivity index (χ0n) is 18.9. The van der Waals surface area contributed by atoms with Gasteiger partial charge in [-0.05, 0) is 58.6 Å². The van der Waals surface area contributed by atoms with Crippen LogP contribution < -0.4 is 10.2 Å². The molecule has 0 unspecified atom stereocenters. The van der Waals surface area contributed by atoms with Gasteiger partial charge in [0.2, 0.25) is 0 Å². The summed E-state index contributed by atoms with van der Waals surface area (Å²) in [5.41, 5.74) is -0.214. The molecular weight excluding hydrogens is 392 g/mol. The van der Waals surface area contributed by atoms with Crippen molar-refractivity contribution in [1.82, 2.24) is 10.2 Å². The number of para-hydroxylation sites is 1. The van der Waals surface area contributed by atoms with Crippen LogP contribution in [0.1, 0.15) is 65.7 Å². The topological polar surface area (TPSA) is 74.2 Å². The number of carbonyl (C=O) groups excluding carboxylic acids is 2. The van der Waals surface area contributed by atoms with Crippen molar-refractivity contribution in [1.29, 1.82) is 0 Å². The minimum absolute atomic E-state index is 0.133. The zero-order valence-corrected chi connectivity index (χ0v) is 18.9. The lowest BCUT2D eigenvalue weighted by atomic mass is 9.84. The van der Waals surface area contributed by atoms with Crippen molar-refractivity contribution in [3.8, 4) is 0 Å². The van der Waals surface area contributed by atoms with Gasteiger partial charge in [-0.1, -0.05) is 37.5 Å². The van der Waals surface area contributed by atoms with Crippen molar-refractivity contribution in [3.63, 3.8) is 0 Å². The van der Waals surface area contributed by atoms with Crippen LogP contribution in [0, 0.1) is 0 Å². The monoisotopic (exact) mass is 426 g/mol. The zero-order chi connectivity index (χ0) is 22.1. The molecule has 7 heteroatoms. The van der Waals surface area contributed by atoms with Gasteiger partial charge in [0.1, 0.15) is 17.0 Å². The van der Waals surface area contributed by atoms with Crippen molar-refractivity contribution in [3.05, 3.63) is 30.3 Å². The third-order valence-corrected chi connectivity index (χ3v) is 6.44. The Kier molecular flexibility index (Phi) is 5.95. The standard InChI is InChI=1S/C24H34N4O3/c1-23(2,3)31-22(30)27-16-14-24(15-17-27)20(25-18-10-6-4-7-11-18)26-21(29)28(24)19-12-8-5-9-13-19/h5,8-9,12-13,18H,4,6-7,10-11,14-17H2,1-3H3,(H,25,26,29). The molecule has 0 atom stereocenters. The van der Waals surface area contributed by atoms with Gasteiger partial charge in [0.25, 0.3) is 0 Å². The summed E-state index contributed by atoms with van der Waals surface area (Å²) in [6.07, 6.45) is 6.76. The van der Waals surface area contributed by atoms with Crippen molar-refractivity contribution >= 4 is 23.6 Å². The Balaban J connectivity index is 1.62. The highest BCUT2D eigenvalue weighted by Gasteiger charge is 2.53. The molecule has 0 radical (unpaired) electrons. The van der Waals surface area contributed by atoms with E-state index in [4.69, 9.17) is 9.73 Å². The number of aliphatic imine (C=N–C) groups is 1. The molecule has 7 nitrogen and oxygen atoms in total. The van der Waals surface area contributed by atoms with Crippen LogP contribution >= 0.6 is 0 Å². The number of nitrogens with zero attached hydrogens (tertiary/aromatic N) is 3. The highest BCUT2D eigenvalue weighted by Crippen LogP contribution is 2.38. The highest BCUT2D eigenvalue weighted by molar-refractivity contribution is 6.19. The summed E-state index contributed by atoms with van der Waals surface area (Å²) in [6, 6.07) is 9.90. The molecule has 3 aliphatic rings. The molecule has 1 N–H and O–H groups in total. The number of amides is 3.